The number of nitrogens with zero attached hydrogens (tertiary/aromatic N) is 2. The first-order chi connectivity index (χ1) is 12.6. The molecule has 1 aromatic rings. The predicted molar refractivity (Wildman–Crippen MR) is 96.9 cm³/mol. The van der Waals surface area contributed by atoms with Crippen LogP contribution < -0.4 is 14.7 Å². The van der Waals surface area contributed by atoms with Gasteiger partial charge < -0.3 is 24.4 Å². The molecule has 0 aromatic heterocycles. The summed E-state index contributed by atoms with van der Waals surface area (Å²) in [6.45, 7) is 5.23. The van der Waals surface area contributed by atoms with Crippen LogP contribution in [0.2, 0.25) is 0 Å². The van der Waals surface area contributed by atoms with E-state index in [1.165, 1.54) is 0 Å². The van der Waals surface area contributed by atoms with E-state index >= 15 is 0 Å². The van der Waals surface area contributed by atoms with E-state index in [1.807, 2.05) is 36.1 Å². The lowest BCUT2D eigenvalue weighted by molar-refractivity contribution is -0.314. The van der Waals surface area contributed by atoms with Crippen LogP contribution in [0.5, 0.6) is 5.75 Å². The topological polar surface area (TPSA) is 72.9 Å². The molecule has 1 saturated heterocycles. The van der Waals surface area contributed by atoms with Crippen molar-refractivity contribution < 1.29 is 19.4 Å². The number of carboxylic acid groups (broad SMARTS) is 1. The summed E-state index contributed by atoms with van der Waals surface area (Å²) in [4.78, 5) is 28.3. The smallest absolute Gasteiger partial charge is 0.226 e. The van der Waals surface area contributed by atoms with Crippen molar-refractivity contribution in [3.63, 3.8) is 0 Å². The van der Waals surface area contributed by atoms with E-state index in [2.05, 4.69) is 4.90 Å². The highest BCUT2D eigenvalue weighted by molar-refractivity contribution is 5.84. The van der Waals surface area contributed by atoms with Crippen molar-refractivity contribution in [1.82, 2.24) is 4.90 Å². The predicted octanol–water partition coefficient (Wildman–Crippen LogP) is 1.29. The number of carbonyl (C=O) groups excluding carboxylic acids is 2. The molecule has 1 aromatic carbocycles. The number of hydrogen-bond acceptors (Lipinski definition) is 5. The number of rotatable bonds is 5. The van der Waals surface area contributed by atoms with Crippen LogP contribution in [0.25, 0.3) is 0 Å². The minimum atomic E-state index is -1.08. The molecule has 6 nitrogen and oxygen atoms in total. The number of benzene rings is 1. The number of anilines is 1. The Bertz CT molecular complexity index is 640. The molecule has 1 aliphatic heterocycles. The Labute approximate surface area is 154 Å². The molecule has 2 fully saturated rings. The summed E-state index contributed by atoms with van der Waals surface area (Å²) in [6, 6.07) is 7.94. The van der Waals surface area contributed by atoms with Gasteiger partial charge in [-0.2, -0.15) is 0 Å². The summed E-state index contributed by atoms with van der Waals surface area (Å²) in [5, 5.41) is 11.4. The van der Waals surface area contributed by atoms with Crippen LogP contribution in [0.1, 0.15) is 32.6 Å². The van der Waals surface area contributed by atoms with Crippen LogP contribution >= 0.6 is 0 Å². The first-order valence-corrected chi connectivity index (χ1v) is 9.58. The standard InChI is InChI=1S/C20H28N2O4/c1-2-26-18-10-6-5-9-17(18)21-11-13-22(14-12-21)19(23)15-7-3-4-8-16(15)20(24)25/h5-6,9-10,15-16H,2-4,7-8,11-14H2,1H3,(H,24,25)/p-1/t15-,16+/m0/s1. The maximum Gasteiger partial charge on any atom is 0.226 e. The van der Waals surface area contributed by atoms with Crippen LogP contribution in [-0.2, 0) is 9.59 Å². The zero-order valence-corrected chi connectivity index (χ0v) is 15.4. The molecule has 26 heavy (non-hydrogen) atoms. The number of carbonyl (C=O) groups is 2. The Morgan fingerprint density at radius 2 is 1.73 bits per heavy atom. The average Bonchev–Trinajstić information content (AvgIpc) is 2.68. The van der Waals surface area contributed by atoms with Crippen LogP contribution in [0.3, 0.4) is 0 Å². The van der Waals surface area contributed by atoms with E-state index in [0.29, 0.717) is 32.5 Å². The highest BCUT2D eigenvalue weighted by Crippen LogP contribution is 2.33. The van der Waals surface area contributed by atoms with Gasteiger partial charge in [-0.3, -0.25) is 4.79 Å². The normalized spacial score (nSPS) is 23.6. The summed E-state index contributed by atoms with van der Waals surface area (Å²) in [6.07, 6.45) is 3.00. The summed E-state index contributed by atoms with van der Waals surface area (Å²) in [5.41, 5.74) is 1.05. The molecular formula is C20H27N2O4-. The van der Waals surface area contributed by atoms with E-state index in [-0.39, 0.29) is 5.91 Å². The third-order valence-electron chi connectivity index (χ3n) is 5.48. The van der Waals surface area contributed by atoms with Gasteiger partial charge in [0.25, 0.3) is 0 Å². The third kappa shape index (κ3) is 3.94. The number of piperazine rings is 1. The van der Waals surface area contributed by atoms with E-state index in [1.54, 1.807) is 0 Å². The second kappa shape index (κ2) is 8.43. The fourth-order valence-electron chi connectivity index (χ4n) is 4.11. The Morgan fingerprint density at radius 3 is 2.38 bits per heavy atom. The fraction of sp³-hybridized carbons (Fsp3) is 0.600. The van der Waals surface area contributed by atoms with Crippen LogP contribution in [0, 0.1) is 11.8 Å². The van der Waals surface area contributed by atoms with Crippen molar-refractivity contribution in [3.05, 3.63) is 24.3 Å². The maximum atomic E-state index is 12.9. The van der Waals surface area contributed by atoms with E-state index in [0.717, 1.165) is 37.4 Å². The molecular weight excluding hydrogens is 332 g/mol. The third-order valence-corrected chi connectivity index (χ3v) is 5.48. The molecule has 0 spiro atoms. The number of para-hydroxylation sites is 2. The minimum absolute atomic E-state index is 0.0170. The second-order valence-electron chi connectivity index (χ2n) is 7.03. The molecule has 2 atom stereocenters. The van der Waals surface area contributed by atoms with Gasteiger partial charge in [0.2, 0.25) is 5.91 Å². The number of amides is 1. The largest absolute Gasteiger partial charge is 0.550 e. The van der Waals surface area contributed by atoms with E-state index in [9.17, 15) is 14.7 Å². The molecule has 0 N–H and O–H groups in total. The van der Waals surface area contributed by atoms with Crippen molar-refractivity contribution >= 4 is 17.6 Å². The quantitative estimate of drug-likeness (QED) is 0.792. The van der Waals surface area contributed by atoms with Crippen molar-refractivity contribution in [1.29, 1.82) is 0 Å². The molecule has 3 rings (SSSR count). The molecule has 1 amide bonds. The number of aliphatic carboxylic acids is 1. The fourth-order valence-corrected chi connectivity index (χ4v) is 4.11. The Balaban J connectivity index is 1.63. The zero-order valence-electron chi connectivity index (χ0n) is 15.4. The number of ether oxygens (including phenoxy) is 1. The average molecular weight is 359 g/mol. The molecule has 0 bridgehead atoms. The minimum Gasteiger partial charge on any atom is -0.550 e. The molecule has 6 heteroatoms. The van der Waals surface area contributed by atoms with Gasteiger partial charge in [-0.05, 0) is 31.9 Å². The summed E-state index contributed by atoms with van der Waals surface area (Å²) >= 11 is 0. The van der Waals surface area contributed by atoms with Crippen LogP contribution in [0.15, 0.2) is 24.3 Å². The van der Waals surface area contributed by atoms with Gasteiger partial charge in [0.15, 0.2) is 0 Å². The van der Waals surface area contributed by atoms with E-state index in [4.69, 9.17) is 4.74 Å². The molecule has 2 aliphatic rings. The lowest BCUT2D eigenvalue weighted by atomic mass is 9.78. The molecule has 1 heterocycles. The van der Waals surface area contributed by atoms with E-state index < -0.39 is 17.8 Å². The summed E-state index contributed by atoms with van der Waals surface area (Å²) < 4.78 is 5.71. The first kappa shape index (κ1) is 18.5. The Morgan fingerprint density at radius 1 is 1.08 bits per heavy atom. The number of hydrogen-bond donors (Lipinski definition) is 0. The summed E-state index contributed by atoms with van der Waals surface area (Å²) in [5.74, 6) is -1.29. The van der Waals surface area contributed by atoms with Crippen molar-refractivity contribution in [3.8, 4) is 5.75 Å². The maximum absolute atomic E-state index is 12.9. The van der Waals surface area contributed by atoms with Gasteiger partial charge in [0, 0.05) is 44.0 Å². The molecule has 142 valence electrons. The second-order valence-corrected chi connectivity index (χ2v) is 7.03. The van der Waals surface area contributed by atoms with Gasteiger partial charge in [-0.15, -0.1) is 0 Å². The molecule has 0 radical (unpaired) electrons. The van der Waals surface area contributed by atoms with Crippen molar-refractivity contribution in [2.45, 2.75) is 32.6 Å². The van der Waals surface area contributed by atoms with Crippen molar-refractivity contribution in [2.75, 3.05) is 37.7 Å². The van der Waals surface area contributed by atoms with Crippen LogP contribution in [-0.4, -0.2) is 49.6 Å². The monoisotopic (exact) mass is 359 g/mol. The van der Waals surface area contributed by atoms with Gasteiger partial charge in [-0.1, -0.05) is 25.0 Å². The SMILES string of the molecule is CCOc1ccccc1N1CCN(C(=O)[C@H]2CCCC[C@H]2C(=O)[O-])CC1. The van der Waals surface area contributed by atoms with Gasteiger partial charge in [0.1, 0.15) is 5.75 Å². The molecule has 1 saturated carbocycles. The van der Waals surface area contributed by atoms with Crippen molar-refractivity contribution in [2.24, 2.45) is 11.8 Å². The first-order valence-electron chi connectivity index (χ1n) is 9.58. The van der Waals surface area contributed by atoms with Gasteiger partial charge in [0.05, 0.1) is 12.3 Å². The molecule has 1 aliphatic carbocycles. The lowest BCUT2D eigenvalue weighted by Gasteiger charge is -2.40. The van der Waals surface area contributed by atoms with Crippen LogP contribution in [0.4, 0.5) is 5.69 Å². The van der Waals surface area contributed by atoms with Gasteiger partial charge >= 0.3 is 0 Å². The zero-order chi connectivity index (χ0) is 18.5. The molecule has 0 unspecified atom stereocenters. The lowest BCUT2D eigenvalue weighted by Crippen LogP contribution is -2.53. The van der Waals surface area contributed by atoms with Gasteiger partial charge in [-0.25, -0.2) is 0 Å². The number of carboxylic acids is 1. The Hall–Kier alpha value is -2.24. The summed E-state index contributed by atoms with van der Waals surface area (Å²) in [7, 11) is 0. The Kier molecular flexibility index (Phi) is 6.01. The highest BCUT2D eigenvalue weighted by Gasteiger charge is 2.35. The highest BCUT2D eigenvalue weighted by atomic mass is 16.5.